The number of nitriles is 1. The van der Waals surface area contributed by atoms with E-state index in [-0.39, 0.29) is 11.7 Å². The summed E-state index contributed by atoms with van der Waals surface area (Å²) in [6, 6.07) is 11.2. The molecule has 4 nitrogen and oxygen atoms in total. The van der Waals surface area contributed by atoms with E-state index in [1.165, 1.54) is 12.3 Å². The van der Waals surface area contributed by atoms with Crippen LogP contribution in [0.3, 0.4) is 0 Å². The second kappa shape index (κ2) is 4.41. The largest absolute Gasteiger partial charge is 0.424 e. The number of nitrogens with zero attached hydrogens (tertiary/aromatic N) is 3. The lowest BCUT2D eigenvalue weighted by Crippen LogP contribution is -1.93. The van der Waals surface area contributed by atoms with Gasteiger partial charge in [-0.05, 0) is 25.1 Å². The summed E-state index contributed by atoms with van der Waals surface area (Å²) in [6.45, 7) is 2.00. The number of hydrogen-bond donors (Lipinski definition) is 0. The number of aromatic nitrogens is 2. The highest BCUT2D eigenvalue weighted by molar-refractivity contribution is 5.29. The molecule has 0 spiro atoms. The molecule has 0 bridgehead atoms. The normalized spacial score (nSPS) is 9.50. The molecule has 0 aliphatic heterocycles. The molecule has 4 heteroatoms. The van der Waals surface area contributed by atoms with Crippen molar-refractivity contribution in [2.24, 2.45) is 0 Å². The first-order chi connectivity index (χ1) is 7.78. The first-order valence-electron chi connectivity index (χ1n) is 4.75. The maximum Gasteiger partial charge on any atom is 0.323 e. The Kier molecular flexibility index (Phi) is 2.79. The summed E-state index contributed by atoms with van der Waals surface area (Å²) in [7, 11) is 0. The molecule has 78 valence electrons. The summed E-state index contributed by atoms with van der Waals surface area (Å²) in [5.41, 5.74) is 1.44. The number of hydrogen-bond acceptors (Lipinski definition) is 4. The average molecular weight is 211 g/mol. The van der Waals surface area contributed by atoms with Crippen LogP contribution in [0.2, 0.25) is 0 Å². The van der Waals surface area contributed by atoms with Gasteiger partial charge >= 0.3 is 6.01 Å². The molecule has 0 radical (unpaired) electrons. The SMILES string of the molecule is Cc1ccc(Oc2nccc(C#N)n2)cc1. The molecular weight excluding hydrogens is 202 g/mol. The van der Waals surface area contributed by atoms with Gasteiger partial charge in [-0.3, -0.25) is 0 Å². The van der Waals surface area contributed by atoms with Gasteiger partial charge in [0.1, 0.15) is 17.5 Å². The van der Waals surface area contributed by atoms with Gasteiger partial charge in [0.05, 0.1) is 0 Å². The highest BCUT2D eigenvalue weighted by Gasteiger charge is 2.01. The van der Waals surface area contributed by atoms with E-state index in [0.717, 1.165) is 5.56 Å². The molecule has 0 N–H and O–H groups in total. The van der Waals surface area contributed by atoms with Crippen LogP contribution in [0.25, 0.3) is 0 Å². The van der Waals surface area contributed by atoms with Gasteiger partial charge in [0.2, 0.25) is 0 Å². The lowest BCUT2D eigenvalue weighted by Gasteiger charge is -2.03. The van der Waals surface area contributed by atoms with Gasteiger partial charge in [0, 0.05) is 6.20 Å². The van der Waals surface area contributed by atoms with E-state index in [9.17, 15) is 0 Å². The summed E-state index contributed by atoms with van der Waals surface area (Å²) < 4.78 is 5.40. The van der Waals surface area contributed by atoms with Gasteiger partial charge in [0.25, 0.3) is 0 Å². The van der Waals surface area contributed by atoms with Crippen LogP contribution in [-0.2, 0) is 0 Å². The third-order valence-corrected chi connectivity index (χ3v) is 1.98. The van der Waals surface area contributed by atoms with Crippen LogP contribution in [0.5, 0.6) is 11.8 Å². The first kappa shape index (κ1) is 10.1. The zero-order valence-corrected chi connectivity index (χ0v) is 8.71. The third kappa shape index (κ3) is 2.34. The van der Waals surface area contributed by atoms with Crippen LogP contribution < -0.4 is 4.74 Å². The lowest BCUT2D eigenvalue weighted by molar-refractivity contribution is 0.441. The van der Waals surface area contributed by atoms with Gasteiger partial charge in [-0.1, -0.05) is 17.7 Å². The Hall–Kier alpha value is -2.41. The van der Waals surface area contributed by atoms with Crippen molar-refractivity contribution >= 4 is 0 Å². The zero-order chi connectivity index (χ0) is 11.4. The Morgan fingerprint density at radius 1 is 1.19 bits per heavy atom. The van der Waals surface area contributed by atoms with E-state index in [1.54, 1.807) is 0 Å². The Bertz CT molecular complexity index is 529. The molecule has 2 aromatic rings. The minimum absolute atomic E-state index is 0.183. The standard InChI is InChI=1S/C12H9N3O/c1-9-2-4-11(5-3-9)16-12-14-7-6-10(8-13)15-12/h2-7H,1H3. The van der Waals surface area contributed by atoms with Crippen molar-refractivity contribution in [3.63, 3.8) is 0 Å². The fourth-order valence-electron chi connectivity index (χ4n) is 1.16. The summed E-state index contributed by atoms with van der Waals surface area (Å²) >= 11 is 0. The van der Waals surface area contributed by atoms with Crippen molar-refractivity contribution < 1.29 is 4.74 Å². The Morgan fingerprint density at radius 2 is 1.94 bits per heavy atom. The fraction of sp³-hybridized carbons (Fsp3) is 0.0833. The lowest BCUT2D eigenvalue weighted by atomic mass is 10.2. The highest BCUT2D eigenvalue weighted by atomic mass is 16.5. The van der Waals surface area contributed by atoms with E-state index in [1.807, 2.05) is 37.3 Å². The summed E-state index contributed by atoms with van der Waals surface area (Å²) in [5, 5.41) is 8.67. The number of benzene rings is 1. The average Bonchev–Trinajstić information content (AvgIpc) is 2.32. The first-order valence-corrected chi connectivity index (χ1v) is 4.75. The molecule has 2 rings (SSSR count). The molecule has 1 heterocycles. The van der Waals surface area contributed by atoms with Gasteiger partial charge < -0.3 is 4.74 Å². The maximum absolute atomic E-state index is 8.67. The molecular formula is C12H9N3O. The summed E-state index contributed by atoms with van der Waals surface area (Å²) in [5.74, 6) is 0.653. The van der Waals surface area contributed by atoms with Crippen LogP contribution in [0.1, 0.15) is 11.3 Å². The second-order valence-electron chi connectivity index (χ2n) is 3.25. The quantitative estimate of drug-likeness (QED) is 0.765. The van der Waals surface area contributed by atoms with Crippen molar-refractivity contribution in [1.82, 2.24) is 9.97 Å². The minimum atomic E-state index is 0.183. The smallest absolute Gasteiger partial charge is 0.323 e. The van der Waals surface area contributed by atoms with Crippen LogP contribution in [0.15, 0.2) is 36.5 Å². The molecule has 0 atom stereocenters. The molecule has 0 amide bonds. The molecule has 0 saturated heterocycles. The van der Waals surface area contributed by atoms with Crippen LogP contribution in [0.4, 0.5) is 0 Å². The fourth-order valence-corrected chi connectivity index (χ4v) is 1.16. The van der Waals surface area contributed by atoms with E-state index < -0.39 is 0 Å². The monoisotopic (exact) mass is 211 g/mol. The number of rotatable bonds is 2. The molecule has 0 aliphatic carbocycles. The third-order valence-electron chi connectivity index (χ3n) is 1.98. The minimum Gasteiger partial charge on any atom is -0.424 e. The maximum atomic E-state index is 8.67. The van der Waals surface area contributed by atoms with E-state index >= 15 is 0 Å². The van der Waals surface area contributed by atoms with E-state index in [4.69, 9.17) is 10.00 Å². The van der Waals surface area contributed by atoms with Crippen LogP contribution in [0, 0.1) is 18.3 Å². The summed E-state index contributed by atoms with van der Waals surface area (Å²) in [6.07, 6.45) is 1.50. The van der Waals surface area contributed by atoms with E-state index in [2.05, 4.69) is 9.97 Å². The van der Waals surface area contributed by atoms with Crippen molar-refractivity contribution in [3.8, 4) is 17.8 Å². The van der Waals surface area contributed by atoms with E-state index in [0.29, 0.717) is 5.75 Å². The Labute approximate surface area is 93.2 Å². The molecule has 0 fully saturated rings. The summed E-state index contributed by atoms with van der Waals surface area (Å²) in [4.78, 5) is 7.84. The van der Waals surface area contributed by atoms with Crippen molar-refractivity contribution in [3.05, 3.63) is 47.8 Å². The van der Waals surface area contributed by atoms with Crippen molar-refractivity contribution in [2.75, 3.05) is 0 Å². The topological polar surface area (TPSA) is 58.8 Å². The van der Waals surface area contributed by atoms with Gasteiger partial charge in [-0.25, -0.2) is 4.98 Å². The van der Waals surface area contributed by atoms with Crippen LogP contribution >= 0.6 is 0 Å². The number of ether oxygens (including phenoxy) is 1. The molecule has 0 saturated carbocycles. The predicted molar refractivity (Wildman–Crippen MR) is 58.0 cm³/mol. The van der Waals surface area contributed by atoms with Gasteiger partial charge in [-0.2, -0.15) is 10.2 Å². The van der Waals surface area contributed by atoms with Crippen LogP contribution in [-0.4, -0.2) is 9.97 Å². The second-order valence-corrected chi connectivity index (χ2v) is 3.25. The Balaban J connectivity index is 2.21. The molecule has 0 unspecified atom stereocenters. The predicted octanol–water partition coefficient (Wildman–Crippen LogP) is 2.45. The highest BCUT2D eigenvalue weighted by Crippen LogP contribution is 2.17. The number of aryl methyl sites for hydroxylation is 1. The molecule has 0 aliphatic rings. The molecule has 1 aromatic heterocycles. The van der Waals surface area contributed by atoms with Crippen molar-refractivity contribution in [1.29, 1.82) is 5.26 Å². The zero-order valence-electron chi connectivity index (χ0n) is 8.71. The Morgan fingerprint density at radius 3 is 2.62 bits per heavy atom. The van der Waals surface area contributed by atoms with Crippen molar-refractivity contribution in [2.45, 2.75) is 6.92 Å². The molecule has 1 aromatic carbocycles. The molecule has 16 heavy (non-hydrogen) atoms. The van der Waals surface area contributed by atoms with Gasteiger partial charge in [0.15, 0.2) is 0 Å². The van der Waals surface area contributed by atoms with Gasteiger partial charge in [-0.15, -0.1) is 0 Å².